The topological polar surface area (TPSA) is 260 Å². The number of aromatic nitrogens is 6. The van der Waals surface area contributed by atoms with Crippen LogP contribution in [0, 0.1) is 13.8 Å². The van der Waals surface area contributed by atoms with Gasteiger partial charge in [-0.05, 0) is 77.1 Å². The average molecular weight is 871 g/mol. The van der Waals surface area contributed by atoms with Gasteiger partial charge in [0, 0.05) is 60.2 Å². The third kappa shape index (κ3) is 7.75. The summed E-state index contributed by atoms with van der Waals surface area (Å²) < 4.78 is 13.2. The summed E-state index contributed by atoms with van der Waals surface area (Å²) in [7, 11) is 1.60. The second kappa shape index (κ2) is 16.9. The molecule has 2 aliphatic heterocycles. The van der Waals surface area contributed by atoms with E-state index < -0.39 is 35.6 Å². The zero-order chi connectivity index (χ0) is 44.8. The molecule has 3 aliphatic rings. The molecule has 1 atom stereocenters. The first kappa shape index (κ1) is 41.7. The number of carbonyl (C=O) groups is 6. The minimum atomic E-state index is -1.10. The molecule has 0 bridgehead atoms. The monoisotopic (exact) mass is 870 g/mol. The number of nitrogens with one attached hydrogen (secondary N) is 6. The highest BCUT2D eigenvalue weighted by molar-refractivity contribution is 6.25. The number of anilines is 3. The fraction of sp³-hybridized carbons (Fsp3) is 0.364. The van der Waals surface area contributed by atoms with Gasteiger partial charge in [0.05, 0.1) is 47.1 Å². The Kier molecular flexibility index (Phi) is 11.0. The van der Waals surface area contributed by atoms with Gasteiger partial charge in [0.1, 0.15) is 34.8 Å². The van der Waals surface area contributed by atoms with Gasteiger partial charge in [-0.3, -0.25) is 39.0 Å². The Morgan fingerprint density at radius 3 is 2.47 bits per heavy atom. The fourth-order valence-corrected chi connectivity index (χ4v) is 8.39. The Labute approximate surface area is 365 Å². The Hall–Kier alpha value is -7.64. The number of aryl methyl sites for hydroxylation is 3. The lowest BCUT2D eigenvalue weighted by molar-refractivity contribution is -0.136. The van der Waals surface area contributed by atoms with Crippen LogP contribution in [0.1, 0.15) is 99.8 Å². The van der Waals surface area contributed by atoms with E-state index in [4.69, 9.17) is 19.3 Å². The number of amides is 6. The van der Waals surface area contributed by atoms with Gasteiger partial charge in [-0.2, -0.15) is 5.10 Å². The molecule has 0 radical (unpaired) electrons. The maximum Gasteiger partial charge on any atom is 0.289 e. The lowest BCUT2D eigenvalue weighted by Crippen LogP contribution is -2.54. The second-order valence-corrected chi connectivity index (χ2v) is 16.1. The maximum atomic E-state index is 13.7. The van der Waals surface area contributed by atoms with E-state index in [1.54, 1.807) is 19.2 Å². The molecule has 6 N–H and O–H groups in total. The summed E-state index contributed by atoms with van der Waals surface area (Å²) in [4.78, 5) is 90.8. The van der Waals surface area contributed by atoms with E-state index >= 15 is 0 Å². The van der Waals surface area contributed by atoms with Crippen LogP contribution >= 0.6 is 0 Å². The van der Waals surface area contributed by atoms with Crippen molar-refractivity contribution in [2.75, 3.05) is 37.4 Å². The highest BCUT2D eigenvalue weighted by atomic mass is 16.5. The number of unbranched alkanes of at least 4 members (excludes halogenated alkanes) is 1. The molecule has 4 aromatic heterocycles. The SMILES string of the molecule is CCn1nc(C2CC2)cc1Nc1nc(C(=O)NCCCCNC(=O)CNc2cccc3c2C(=O)N(C2CCC(=O)NC2=O)C3=O)nc2[nH]c3cc(-c4c(C)noc4C)c(OC)cc3c12. The molecular formula is C44H46N12O8. The first-order chi connectivity index (χ1) is 30.9. The van der Waals surface area contributed by atoms with Crippen LogP contribution in [0.2, 0.25) is 0 Å². The number of methoxy groups -OCH3 is 1. The summed E-state index contributed by atoms with van der Waals surface area (Å²) in [6.45, 7) is 6.76. The van der Waals surface area contributed by atoms with Crippen LogP contribution in [0.25, 0.3) is 33.1 Å². The normalized spacial score (nSPS) is 16.1. The molecule has 1 aliphatic carbocycles. The first-order valence-corrected chi connectivity index (χ1v) is 21.3. The number of ether oxygens (including phenoxy) is 1. The lowest BCUT2D eigenvalue weighted by atomic mass is 10.0. The number of imide groups is 2. The van der Waals surface area contributed by atoms with Gasteiger partial charge >= 0.3 is 0 Å². The number of hydrogen-bond donors (Lipinski definition) is 6. The summed E-state index contributed by atoms with van der Waals surface area (Å²) in [5.41, 5.74) is 4.98. The van der Waals surface area contributed by atoms with Crippen LogP contribution in [0.15, 0.2) is 40.9 Å². The highest BCUT2D eigenvalue weighted by Crippen LogP contribution is 2.43. The molecule has 20 heteroatoms. The number of hydrogen-bond acceptors (Lipinski definition) is 14. The van der Waals surface area contributed by atoms with Crippen LogP contribution in [0.3, 0.4) is 0 Å². The average Bonchev–Trinajstić information content (AvgIpc) is 3.73. The summed E-state index contributed by atoms with van der Waals surface area (Å²) in [5, 5.41) is 24.7. The number of piperidine rings is 1. The first-order valence-electron chi connectivity index (χ1n) is 21.3. The Balaban J connectivity index is 0.848. The maximum absolute atomic E-state index is 13.7. The summed E-state index contributed by atoms with van der Waals surface area (Å²) >= 11 is 0. The molecule has 1 saturated carbocycles. The van der Waals surface area contributed by atoms with Gasteiger partial charge in [-0.1, -0.05) is 11.2 Å². The smallest absolute Gasteiger partial charge is 0.289 e. The number of fused-ring (bicyclic) bond motifs is 4. The Bertz CT molecular complexity index is 2890. The van der Waals surface area contributed by atoms with E-state index in [1.165, 1.54) is 6.07 Å². The van der Waals surface area contributed by atoms with Crippen molar-refractivity contribution >= 4 is 74.7 Å². The number of carbonyl (C=O) groups excluding carboxylic acids is 6. The minimum Gasteiger partial charge on any atom is -0.496 e. The highest BCUT2D eigenvalue weighted by Gasteiger charge is 2.45. The molecule has 2 aromatic carbocycles. The van der Waals surface area contributed by atoms with Gasteiger partial charge < -0.3 is 35.5 Å². The molecule has 330 valence electrons. The molecule has 6 amide bonds. The molecule has 2 fully saturated rings. The van der Waals surface area contributed by atoms with Gasteiger partial charge in [0.15, 0.2) is 0 Å². The third-order valence-corrected chi connectivity index (χ3v) is 11.7. The van der Waals surface area contributed by atoms with Crippen LogP contribution in [0.5, 0.6) is 5.75 Å². The second-order valence-electron chi connectivity index (χ2n) is 16.1. The van der Waals surface area contributed by atoms with Gasteiger partial charge in [-0.25, -0.2) is 14.6 Å². The van der Waals surface area contributed by atoms with Crippen molar-refractivity contribution < 1.29 is 38.0 Å². The zero-order valence-corrected chi connectivity index (χ0v) is 35.6. The molecule has 6 heterocycles. The third-order valence-electron chi connectivity index (χ3n) is 11.7. The molecule has 9 rings (SSSR count). The predicted molar refractivity (Wildman–Crippen MR) is 232 cm³/mol. The largest absolute Gasteiger partial charge is 0.496 e. The van der Waals surface area contributed by atoms with E-state index in [1.807, 2.05) is 43.7 Å². The molecule has 0 spiro atoms. The van der Waals surface area contributed by atoms with E-state index in [0.717, 1.165) is 57.0 Å². The molecule has 20 nitrogen and oxygen atoms in total. The van der Waals surface area contributed by atoms with Crippen LogP contribution < -0.4 is 31.3 Å². The van der Waals surface area contributed by atoms with Crippen molar-refractivity contribution in [1.82, 2.24) is 50.7 Å². The quantitative estimate of drug-likeness (QED) is 0.0583. The van der Waals surface area contributed by atoms with Gasteiger partial charge in [-0.15, -0.1) is 0 Å². The minimum absolute atomic E-state index is 0.00885. The summed E-state index contributed by atoms with van der Waals surface area (Å²) in [6, 6.07) is 9.45. The van der Waals surface area contributed by atoms with Crippen molar-refractivity contribution in [3.05, 3.63) is 70.5 Å². The number of benzene rings is 2. The van der Waals surface area contributed by atoms with Gasteiger partial charge in [0.2, 0.25) is 23.5 Å². The van der Waals surface area contributed by atoms with Crippen molar-refractivity contribution in [3.8, 4) is 16.9 Å². The zero-order valence-electron chi connectivity index (χ0n) is 35.6. The number of rotatable bonds is 16. The number of H-pyrrole nitrogens is 1. The van der Waals surface area contributed by atoms with E-state index in [-0.39, 0.29) is 54.5 Å². The molecular weight excluding hydrogens is 825 g/mol. The van der Waals surface area contributed by atoms with Crippen molar-refractivity contribution in [1.29, 1.82) is 0 Å². The van der Waals surface area contributed by atoms with Crippen molar-refractivity contribution in [2.24, 2.45) is 0 Å². The lowest BCUT2D eigenvalue weighted by Gasteiger charge is -2.27. The van der Waals surface area contributed by atoms with Crippen molar-refractivity contribution in [3.63, 3.8) is 0 Å². The Morgan fingerprint density at radius 2 is 1.75 bits per heavy atom. The number of nitrogens with zero attached hydrogens (tertiary/aromatic N) is 6. The van der Waals surface area contributed by atoms with Crippen LogP contribution in [0.4, 0.5) is 17.3 Å². The Morgan fingerprint density at radius 1 is 0.953 bits per heavy atom. The van der Waals surface area contributed by atoms with E-state index in [9.17, 15) is 28.8 Å². The molecule has 1 saturated heterocycles. The van der Waals surface area contributed by atoms with E-state index in [2.05, 4.69) is 41.7 Å². The molecule has 6 aromatic rings. The fourth-order valence-electron chi connectivity index (χ4n) is 8.39. The number of aromatic amines is 1. The molecule has 64 heavy (non-hydrogen) atoms. The summed E-state index contributed by atoms with van der Waals surface area (Å²) in [6.07, 6.45) is 3.31. The van der Waals surface area contributed by atoms with Gasteiger partial charge in [0.25, 0.3) is 17.7 Å². The van der Waals surface area contributed by atoms with E-state index in [0.29, 0.717) is 60.2 Å². The summed E-state index contributed by atoms with van der Waals surface area (Å²) in [5.74, 6) is -0.496. The standard InChI is InChI=1S/C44H46N12O8/c1-5-55-32(19-28(53-55)23-11-12-23)49-39-37-25-18-31(63-4)26(35-21(2)54-64-22(35)3)17-29(25)48-38(37)51-40(52-39)42(60)46-16-7-6-15-45-34(58)20-47-27-10-8-9-24-36(27)44(62)56(43(24)61)30-13-14-33(57)50-41(30)59/h8-10,17-19,23,30,47H,5-7,11-16,20H2,1-4H3,(H,45,58)(H,46,60)(H,50,57,59)(H2,48,49,51,52). The van der Waals surface area contributed by atoms with Crippen molar-refractivity contribution in [2.45, 2.75) is 77.8 Å². The molecule has 1 unspecified atom stereocenters. The van der Waals surface area contributed by atoms with Crippen LogP contribution in [-0.4, -0.2) is 103 Å². The predicted octanol–water partition coefficient (Wildman–Crippen LogP) is 4.37. The van der Waals surface area contributed by atoms with Crippen LogP contribution in [-0.2, 0) is 20.9 Å².